The van der Waals surface area contributed by atoms with E-state index in [0.717, 1.165) is 29.3 Å². The third kappa shape index (κ3) is 5.24. The van der Waals surface area contributed by atoms with Crippen molar-refractivity contribution < 1.29 is 14.3 Å². The molecule has 35 heavy (non-hydrogen) atoms. The number of benzene rings is 2. The van der Waals surface area contributed by atoms with E-state index in [2.05, 4.69) is 15.3 Å². The van der Waals surface area contributed by atoms with Gasteiger partial charge in [-0.2, -0.15) is 0 Å². The van der Waals surface area contributed by atoms with E-state index >= 15 is 0 Å². The first kappa shape index (κ1) is 25.3. The smallest absolute Gasteiger partial charge is 0.223 e. The van der Waals surface area contributed by atoms with Crippen LogP contribution in [0.4, 0.5) is 5.95 Å². The zero-order valence-electron chi connectivity index (χ0n) is 20.1. The molecule has 3 N–H and O–H groups in total. The van der Waals surface area contributed by atoms with Crippen molar-refractivity contribution in [3.63, 3.8) is 0 Å². The number of ether oxygens (including phenoxy) is 2. The van der Waals surface area contributed by atoms with E-state index in [1.54, 1.807) is 45.5 Å². The number of rotatable bonds is 7. The number of amides is 1. The molecule has 4 rings (SSSR count). The Morgan fingerprint density at radius 3 is 2.46 bits per heavy atom. The van der Waals surface area contributed by atoms with Crippen molar-refractivity contribution in [3.05, 3.63) is 40.5 Å². The maximum atomic E-state index is 12.1. The highest BCUT2D eigenvalue weighted by atomic mass is 35.5. The lowest BCUT2D eigenvalue weighted by Crippen LogP contribution is -2.35. The van der Waals surface area contributed by atoms with Crippen LogP contribution in [0.2, 0.25) is 10.0 Å². The monoisotopic (exact) mass is 517 g/mol. The molecule has 1 amide bonds. The van der Waals surface area contributed by atoms with Gasteiger partial charge < -0.3 is 25.4 Å². The number of nitrogens with two attached hydrogens (primary N) is 1. The second-order valence-electron chi connectivity index (χ2n) is 9.00. The molecule has 3 atom stereocenters. The van der Waals surface area contributed by atoms with Gasteiger partial charge in [-0.15, -0.1) is 0 Å². The highest BCUT2D eigenvalue weighted by molar-refractivity contribution is 6.41. The molecule has 0 aliphatic heterocycles. The van der Waals surface area contributed by atoms with Gasteiger partial charge in [-0.1, -0.05) is 29.3 Å². The van der Waals surface area contributed by atoms with Crippen LogP contribution in [0.3, 0.4) is 0 Å². The molecule has 2 aromatic carbocycles. The number of carbonyl (C=O) groups is 1. The van der Waals surface area contributed by atoms with Crippen LogP contribution in [0, 0.1) is 5.92 Å². The fraction of sp³-hybridized carbons (Fsp3) is 0.400. The first-order valence-corrected chi connectivity index (χ1v) is 12.1. The van der Waals surface area contributed by atoms with Gasteiger partial charge in [-0.05, 0) is 36.5 Å². The Morgan fingerprint density at radius 1 is 1.14 bits per heavy atom. The maximum Gasteiger partial charge on any atom is 0.223 e. The zero-order valence-corrected chi connectivity index (χ0v) is 21.7. The van der Waals surface area contributed by atoms with Gasteiger partial charge in [0.15, 0.2) is 0 Å². The summed E-state index contributed by atoms with van der Waals surface area (Å²) in [6, 6.07) is 7.32. The van der Waals surface area contributed by atoms with Crippen molar-refractivity contribution in [2.75, 3.05) is 33.6 Å². The van der Waals surface area contributed by atoms with Crippen LogP contribution in [0.5, 0.6) is 11.5 Å². The highest BCUT2D eigenvalue weighted by Gasteiger charge is 2.33. The van der Waals surface area contributed by atoms with Crippen molar-refractivity contribution in [1.82, 2.24) is 14.9 Å². The van der Waals surface area contributed by atoms with Gasteiger partial charge in [0.25, 0.3) is 0 Å². The molecule has 0 radical (unpaired) electrons. The maximum absolute atomic E-state index is 12.1. The van der Waals surface area contributed by atoms with Gasteiger partial charge in [0.1, 0.15) is 11.5 Å². The average Bonchev–Trinajstić information content (AvgIpc) is 3.17. The number of nitrogens with zero attached hydrogens (tertiary/aromatic N) is 3. The highest BCUT2D eigenvalue weighted by Crippen LogP contribution is 2.46. The number of hydrogen-bond donors (Lipinski definition) is 2. The van der Waals surface area contributed by atoms with Crippen LogP contribution < -0.4 is 20.5 Å². The predicted molar refractivity (Wildman–Crippen MR) is 140 cm³/mol. The molecule has 1 aliphatic carbocycles. The van der Waals surface area contributed by atoms with E-state index in [4.69, 9.17) is 38.4 Å². The standard InChI is InChI=1S/C25H29Cl2N5O3/c1-32(2)21(33)9-13-7-16(28)18(8-13)31-25-29-12-15-10-14(5-6-17(15)30-25)22-23(26)19(34-3)11-20(35-4)24(22)27/h5-6,10-13,16,18H,7-9,28H2,1-4H3,(H,29,30,31)/t13-,16+,18?/m1/s1. The number of aromatic nitrogens is 2. The van der Waals surface area contributed by atoms with E-state index in [9.17, 15) is 4.79 Å². The van der Waals surface area contributed by atoms with Crippen LogP contribution >= 0.6 is 23.2 Å². The second kappa shape index (κ2) is 10.4. The summed E-state index contributed by atoms with van der Waals surface area (Å²) in [6.45, 7) is 0. The predicted octanol–water partition coefficient (Wildman–Crippen LogP) is 4.62. The largest absolute Gasteiger partial charge is 0.495 e. The van der Waals surface area contributed by atoms with Crippen molar-refractivity contribution >= 4 is 46.0 Å². The molecule has 10 heteroatoms. The molecule has 1 aromatic heterocycles. The molecule has 1 saturated carbocycles. The van der Waals surface area contributed by atoms with Gasteiger partial charge in [0, 0.05) is 55.8 Å². The molecular formula is C25H29Cl2N5O3. The zero-order chi connectivity index (χ0) is 25.3. The minimum Gasteiger partial charge on any atom is -0.495 e. The minimum atomic E-state index is -0.0658. The number of methoxy groups -OCH3 is 2. The Labute approximate surface area is 214 Å². The normalized spacial score (nSPS) is 19.6. The molecular weight excluding hydrogens is 489 g/mol. The van der Waals surface area contributed by atoms with E-state index in [1.807, 2.05) is 18.2 Å². The average molecular weight is 518 g/mol. The summed E-state index contributed by atoms with van der Waals surface area (Å²) in [5.41, 5.74) is 8.52. The molecule has 186 valence electrons. The summed E-state index contributed by atoms with van der Waals surface area (Å²) in [5.74, 6) is 1.81. The van der Waals surface area contributed by atoms with Crippen molar-refractivity contribution in [2.45, 2.75) is 31.3 Å². The first-order chi connectivity index (χ1) is 16.7. The summed E-state index contributed by atoms with van der Waals surface area (Å²) < 4.78 is 10.8. The third-order valence-corrected chi connectivity index (χ3v) is 7.18. The SMILES string of the molecule is COc1cc(OC)c(Cl)c(-c2ccc3nc(NC4C[C@H](CC(=O)N(C)C)C[C@@H]4N)ncc3c2)c1Cl. The first-order valence-electron chi connectivity index (χ1n) is 11.3. The lowest BCUT2D eigenvalue weighted by atomic mass is 10.0. The quantitative estimate of drug-likeness (QED) is 0.471. The number of halogens is 2. The summed E-state index contributed by atoms with van der Waals surface area (Å²) in [4.78, 5) is 22.9. The number of fused-ring (bicyclic) bond motifs is 1. The molecule has 8 nitrogen and oxygen atoms in total. The van der Waals surface area contributed by atoms with Gasteiger partial charge in [-0.25, -0.2) is 9.97 Å². The summed E-state index contributed by atoms with van der Waals surface area (Å²) in [5, 5.41) is 4.98. The summed E-state index contributed by atoms with van der Waals surface area (Å²) >= 11 is 13.2. The second-order valence-corrected chi connectivity index (χ2v) is 9.75. The van der Waals surface area contributed by atoms with E-state index in [0.29, 0.717) is 39.5 Å². The summed E-state index contributed by atoms with van der Waals surface area (Å²) in [6.07, 6.45) is 3.84. The Kier molecular flexibility index (Phi) is 7.54. The van der Waals surface area contributed by atoms with E-state index in [-0.39, 0.29) is 23.9 Å². The van der Waals surface area contributed by atoms with Crippen molar-refractivity contribution in [3.8, 4) is 22.6 Å². The molecule has 3 aromatic rings. The Balaban J connectivity index is 1.57. The van der Waals surface area contributed by atoms with Gasteiger partial charge in [0.05, 0.1) is 29.8 Å². The minimum absolute atomic E-state index is 0.00791. The molecule has 0 bridgehead atoms. The van der Waals surface area contributed by atoms with Crippen LogP contribution in [0.1, 0.15) is 19.3 Å². The van der Waals surface area contributed by atoms with Gasteiger partial charge in [0.2, 0.25) is 11.9 Å². The number of hydrogen-bond acceptors (Lipinski definition) is 7. The molecule has 1 fully saturated rings. The van der Waals surface area contributed by atoms with Crippen LogP contribution in [-0.2, 0) is 4.79 Å². The van der Waals surface area contributed by atoms with Crippen molar-refractivity contribution in [2.24, 2.45) is 11.7 Å². The Morgan fingerprint density at radius 2 is 1.83 bits per heavy atom. The molecule has 1 aliphatic rings. The van der Waals surface area contributed by atoms with Crippen LogP contribution in [-0.4, -0.2) is 61.2 Å². The summed E-state index contributed by atoms with van der Waals surface area (Å²) in [7, 11) is 6.63. The van der Waals surface area contributed by atoms with E-state index < -0.39 is 0 Å². The van der Waals surface area contributed by atoms with Gasteiger partial charge in [-0.3, -0.25) is 4.79 Å². The van der Waals surface area contributed by atoms with Crippen LogP contribution in [0.15, 0.2) is 30.5 Å². The molecule has 1 heterocycles. The topological polar surface area (TPSA) is 103 Å². The molecule has 1 unspecified atom stereocenters. The lowest BCUT2D eigenvalue weighted by molar-refractivity contribution is -0.129. The number of nitrogens with one attached hydrogen (secondary N) is 1. The van der Waals surface area contributed by atoms with Crippen molar-refractivity contribution in [1.29, 1.82) is 0 Å². The Bertz CT molecular complexity index is 1230. The molecule has 0 spiro atoms. The van der Waals surface area contributed by atoms with E-state index in [1.165, 1.54) is 0 Å². The van der Waals surface area contributed by atoms with Gasteiger partial charge >= 0.3 is 0 Å². The fourth-order valence-electron chi connectivity index (χ4n) is 4.50. The third-order valence-electron chi connectivity index (χ3n) is 6.43. The fourth-order valence-corrected chi connectivity index (χ4v) is 5.22. The molecule has 0 saturated heterocycles. The van der Waals surface area contributed by atoms with Crippen LogP contribution in [0.25, 0.3) is 22.0 Å². The number of carbonyl (C=O) groups excluding carboxylic acids is 1. The lowest BCUT2D eigenvalue weighted by Gasteiger charge is -2.18. The Hall–Kier alpha value is -2.81. The number of anilines is 1.